The Hall–Kier alpha value is -2.27. The fourth-order valence-corrected chi connectivity index (χ4v) is 3.34. The molecule has 0 unspecified atom stereocenters. The normalized spacial score (nSPS) is 31.9. The van der Waals surface area contributed by atoms with Crippen molar-refractivity contribution >= 4 is 17.5 Å². The molecule has 2 bridgehead atoms. The Morgan fingerprint density at radius 1 is 1.22 bits per heavy atom. The molecule has 0 aromatic heterocycles. The summed E-state index contributed by atoms with van der Waals surface area (Å²) in [5.41, 5.74) is -0.931. The van der Waals surface area contributed by atoms with E-state index in [-0.39, 0.29) is 30.8 Å². The number of carbonyl (C=O) groups excluding carboxylic acids is 3. The lowest BCUT2D eigenvalue weighted by atomic mass is 9.78. The van der Waals surface area contributed by atoms with Crippen LogP contribution < -0.4 is 0 Å². The molecule has 0 N–H and O–H groups in total. The van der Waals surface area contributed by atoms with Gasteiger partial charge in [-0.1, -0.05) is 42.5 Å². The molecule has 1 saturated heterocycles. The summed E-state index contributed by atoms with van der Waals surface area (Å²) in [5.74, 6) is -1.66. The summed E-state index contributed by atoms with van der Waals surface area (Å²) in [6, 6.07) is 9.20. The van der Waals surface area contributed by atoms with Crippen LogP contribution in [0.4, 0.5) is 0 Å². The van der Waals surface area contributed by atoms with Gasteiger partial charge in [0.05, 0.1) is 13.2 Å². The van der Waals surface area contributed by atoms with Crippen LogP contribution >= 0.6 is 0 Å². The highest BCUT2D eigenvalue weighted by molar-refractivity contribution is 6.10. The van der Waals surface area contributed by atoms with Gasteiger partial charge in [0.1, 0.15) is 5.78 Å². The van der Waals surface area contributed by atoms with Crippen molar-refractivity contribution in [3.8, 4) is 0 Å². The standard InChI is InChI=1S/C18H18O5/c1-22-17(21)18-15(12-6-3-2-4-7-12)9-5-8-13(19)10-14(23-18)11-16(18)20/h2-7,9,14-15H,8,10-11H2,1H3/b9-5-/t14-,15+,18-/m0/s1. The molecular formula is C18H18O5. The van der Waals surface area contributed by atoms with Gasteiger partial charge in [0.2, 0.25) is 5.60 Å². The predicted octanol–water partition coefficient (Wildman–Crippen LogP) is 1.96. The van der Waals surface area contributed by atoms with Gasteiger partial charge in [-0.2, -0.15) is 0 Å². The van der Waals surface area contributed by atoms with Crippen LogP contribution in [-0.4, -0.2) is 36.4 Å². The second kappa shape index (κ2) is 6.08. The van der Waals surface area contributed by atoms with Crippen molar-refractivity contribution in [1.82, 2.24) is 0 Å². The van der Waals surface area contributed by atoms with Crippen molar-refractivity contribution in [1.29, 1.82) is 0 Å². The highest BCUT2D eigenvalue weighted by Gasteiger charge is 2.59. The Bertz CT molecular complexity index is 663. The van der Waals surface area contributed by atoms with Crippen molar-refractivity contribution < 1.29 is 23.9 Å². The first-order chi connectivity index (χ1) is 11.1. The molecule has 5 nitrogen and oxygen atoms in total. The van der Waals surface area contributed by atoms with Crippen molar-refractivity contribution in [2.75, 3.05) is 7.11 Å². The summed E-state index contributed by atoms with van der Waals surface area (Å²) in [6.07, 6.45) is 3.32. The van der Waals surface area contributed by atoms with E-state index in [1.807, 2.05) is 30.3 Å². The molecule has 0 saturated carbocycles. The van der Waals surface area contributed by atoms with Gasteiger partial charge in [-0.05, 0) is 5.56 Å². The highest BCUT2D eigenvalue weighted by Crippen LogP contribution is 2.43. The zero-order chi connectivity index (χ0) is 16.4. The van der Waals surface area contributed by atoms with E-state index in [0.717, 1.165) is 5.56 Å². The van der Waals surface area contributed by atoms with Crippen LogP contribution in [-0.2, 0) is 23.9 Å². The molecule has 0 spiro atoms. The van der Waals surface area contributed by atoms with Gasteiger partial charge in [-0.25, -0.2) is 4.79 Å². The number of fused-ring (bicyclic) bond motifs is 2. The molecule has 1 aromatic rings. The van der Waals surface area contributed by atoms with Gasteiger partial charge >= 0.3 is 5.97 Å². The van der Waals surface area contributed by atoms with Gasteiger partial charge in [0.25, 0.3) is 0 Å². The minimum absolute atomic E-state index is 0.00609. The molecule has 0 aliphatic carbocycles. The van der Waals surface area contributed by atoms with Crippen molar-refractivity contribution in [2.24, 2.45) is 0 Å². The maximum absolute atomic E-state index is 12.7. The number of benzene rings is 1. The van der Waals surface area contributed by atoms with E-state index >= 15 is 0 Å². The Kier molecular flexibility index (Phi) is 4.13. The molecule has 1 fully saturated rings. The fourth-order valence-electron chi connectivity index (χ4n) is 3.34. The van der Waals surface area contributed by atoms with E-state index < -0.39 is 23.6 Å². The number of methoxy groups -OCH3 is 1. The summed E-state index contributed by atoms with van der Waals surface area (Å²) in [6.45, 7) is 0. The largest absolute Gasteiger partial charge is 0.467 e. The number of hydrogen-bond acceptors (Lipinski definition) is 5. The maximum Gasteiger partial charge on any atom is 0.346 e. The van der Waals surface area contributed by atoms with E-state index in [1.165, 1.54) is 7.11 Å². The predicted molar refractivity (Wildman–Crippen MR) is 81.8 cm³/mol. The third kappa shape index (κ3) is 2.61. The minimum atomic E-state index is -1.71. The van der Waals surface area contributed by atoms with Crippen LogP contribution in [0.5, 0.6) is 0 Å². The first kappa shape index (κ1) is 15.6. The van der Waals surface area contributed by atoms with Gasteiger partial charge in [0, 0.05) is 25.2 Å². The molecule has 23 heavy (non-hydrogen) atoms. The first-order valence-electron chi connectivity index (χ1n) is 7.60. The fraction of sp³-hybridized carbons (Fsp3) is 0.389. The Morgan fingerprint density at radius 2 is 1.96 bits per heavy atom. The molecule has 2 heterocycles. The van der Waals surface area contributed by atoms with Crippen LogP contribution in [0.3, 0.4) is 0 Å². The third-order valence-corrected chi connectivity index (χ3v) is 4.39. The molecular weight excluding hydrogens is 296 g/mol. The number of esters is 1. The third-order valence-electron chi connectivity index (χ3n) is 4.39. The molecule has 2 aliphatic heterocycles. The van der Waals surface area contributed by atoms with Crippen LogP contribution in [0.2, 0.25) is 0 Å². The smallest absolute Gasteiger partial charge is 0.346 e. The van der Waals surface area contributed by atoms with Crippen LogP contribution in [0.15, 0.2) is 42.5 Å². The first-order valence-corrected chi connectivity index (χ1v) is 7.60. The molecule has 0 radical (unpaired) electrons. The minimum Gasteiger partial charge on any atom is -0.467 e. The number of ketones is 2. The van der Waals surface area contributed by atoms with Crippen molar-refractivity contribution in [3.63, 3.8) is 0 Å². The van der Waals surface area contributed by atoms with E-state index in [2.05, 4.69) is 0 Å². The molecule has 2 aliphatic rings. The second-order valence-corrected chi connectivity index (χ2v) is 5.86. The summed E-state index contributed by atoms with van der Waals surface area (Å²) in [5, 5.41) is 0. The number of Topliss-reactive ketones (excluding diaryl/α,β-unsaturated/α-hetero) is 2. The van der Waals surface area contributed by atoms with Crippen molar-refractivity contribution in [2.45, 2.75) is 36.9 Å². The summed E-state index contributed by atoms with van der Waals surface area (Å²) >= 11 is 0. The second-order valence-electron chi connectivity index (χ2n) is 5.86. The van der Waals surface area contributed by atoms with Gasteiger partial charge in [-0.3, -0.25) is 9.59 Å². The lowest BCUT2D eigenvalue weighted by Crippen LogP contribution is -2.50. The Morgan fingerprint density at radius 3 is 2.65 bits per heavy atom. The lowest BCUT2D eigenvalue weighted by Gasteiger charge is -2.31. The zero-order valence-electron chi connectivity index (χ0n) is 12.9. The van der Waals surface area contributed by atoms with E-state index in [1.54, 1.807) is 12.2 Å². The highest BCUT2D eigenvalue weighted by atomic mass is 16.6. The van der Waals surface area contributed by atoms with Gasteiger partial charge in [-0.15, -0.1) is 0 Å². The number of hydrogen-bond donors (Lipinski definition) is 0. The number of ether oxygens (including phenoxy) is 2. The topological polar surface area (TPSA) is 69.7 Å². The summed E-state index contributed by atoms with van der Waals surface area (Å²) in [4.78, 5) is 37.1. The van der Waals surface area contributed by atoms with E-state index in [0.29, 0.717) is 0 Å². The number of carbonyl (C=O) groups is 3. The molecule has 3 atom stereocenters. The van der Waals surface area contributed by atoms with Crippen molar-refractivity contribution in [3.05, 3.63) is 48.0 Å². The monoisotopic (exact) mass is 314 g/mol. The summed E-state index contributed by atoms with van der Waals surface area (Å²) in [7, 11) is 1.24. The SMILES string of the molecule is COC(=O)[C@]12O[C@@H](CC(=O)C/C=C\[C@@H]1c1ccccc1)CC2=O. The van der Waals surface area contributed by atoms with Gasteiger partial charge < -0.3 is 9.47 Å². The number of allylic oxidation sites excluding steroid dienone is 1. The van der Waals surface area contributed by atoms with Crippen LogP contribution in [0.25, 0.3) is 0 Å². The molecule has 3 rings (SSSR count). The molecule has 1 aromatic carbocycles. The average Bonchev–Trinajstić information content (AvgIpc) is 2.90. The van der Waals surface area contributed by atoms with E-state index in [9.17, 15) is 14.4 Å². The number of rotatable bonds is 2. The van der Waals surface area contributed by atoms with Crippen LogP contribution in [0, 0.1) is 0 Å². The van der Waals surface area contributed by atoms with Gasteiger partial charge in [0.15, 0.2) is 5.78 Å². The molecule has 5 heteroatoms. The Balaban J connectivity index is 2.16. The van der Waals surface area contributed by atoms with E-state index in [4.69, 9.17) is 9.47 Å². The lowest BCUT2D eigenvalue weighted by molar-refractivity contribution is -0.173. The van der Waals surface area contributed by atoms with Crippen LogP contribution in [0.1, 0.15) is 30.7 Å². The Labute approximate surface area is 134 Å². The maximum atomic E-state index is 12.7. The summed E-state index contributed by atoms with van der Waals surface area (Å²) < 4.78 is 10.8. The molecule has 0 amide bonds. The zero-order valence-corrected chi connectivity index (χ0v) is 12.9. The quantitative estimate of drug-likeness (QED) is 0.474. The average molecular weight is 314 g/mol. The molecule has 120 valence electrons.